The van der Waals surface area contributed by atoms with Gasteiger partial charge >= 0.3 is 0 Å². The topological polar surface area (TPSA) is 95.9 Å². The van der Waals surface area contributed by atoms with Crippen LogP contribution in [0.3, 0.4) is 0 Å². The number of nitrogens with zero attached hydrogens (tertiary/aromatic N) is 5. The second-order valence-electron chi connectivity index (χ2n) is 7.13. The van der Waals surface area contributed by atoms with Crippen molar-refractivity contribution in [2.45, 2.75) is 6.54 Å². The minimum atomic E-state index is -0.492. The SMILES string of the molecule is COc1ccc2c(c1)c(C(=O)c1nnc(-c3ccnnc3)o1)c(Cl)n2Cc1ccc(Cl)cc1. The second kappa shape index (κ2) is 8.65. The molecule has 0 bridgehead atoms. The van der Waals surface area contributed by atoms with Crippen molar-refractivity contribution in [2.75, 3.05) is 7.11 Å². The van der Waals surface area contributed by atoms with Gasteiger partial charge in [-0.05, 0) is 42.0 Å². The van der Waals surface area contributed by atoms with Crippen molar-refractivity contribution in [2.24, 2.45) is 0 Å². The third kappa shape index (κ3) is 3.94. The van der Waals surface area contributed by atoms with Gasteiger partial charge < -0.3 is 13.7 Å². The Morgan fingerprint density at radius 3 is 2.61 bits per heavy atom. The van der Waals surface area contributed by atoms with Gasteiger partial charge in [0.15, 0.2) is 0 Å². The monoisotopic (exact) mass is 479 g/mol. The van der Waals surface area contributed by atoms with Gasteiger partial charge in [-0.1, -0.05) is 35.3 Å². The van der Waals surface area contributed by atoms with Crippen LogP contribution in [-0.4, -0.2) is 37.9 Å². The first-order valence-electron chi connectivity index (χ1n) is 9.80. The third-order valence-electron chi connectivity index (χ3n) is 5.14. The number of carbonyl (C=O) groups is 1. The molecule has 2 aromatic carbocycles. The summed E-state index contributed by atoms with van der Waals surface area (Å²) in [6.07, 6.45) is 2.96. The highest BCUT2D eigenvalue weighted by Gasteiger charge is 2.27. The maximum Gasteiger partial charge on any atom is 0.289 e. The van der Waals surface area contributed by atoms with E-state index in [0.29, 0.717) is 28.3 Å². The molecule has 33 heavy (non-hydrogen) atoms. The first kappa shape index (κ1) is 21.1. The molecule has 8 nitrogen and oxygen atoms in total. The van der Waals surface area contributed by atoms with E-state index in [9.17, 15) is 4.79 Å². The van der Waals surface area contributed by atoms with Gasteiger partial charge in [0.25, 0.3) is 11.7 Å². The number of aromatic nitrogens is 5. The number of rotatable bonds is 6. The highest BCUT2D eigenvalue weighted by Crippen LogP contribution is 2.35. The van der Waals surface area contributed by atoms with Crippen LogP contribution in [0.1, 0.15) is 21.8 Å². The van der Waals surface area contributed by atoms with E-state index in [1.807, 2.05) is 28.8 Å². The smallest absolute Gasteiger partial charge is 0.289 e. The highest BCUT2D eigenvalue weighted by atomic mass is 35.5. The van der Waals surface area contributed by atoms with Gasteiger partial charge in [-0.3, -0.25) is 4.79 Å². The Bertz CT molecular complexity index is 1460. The van der Waals surface area contributed by atoms with Crippen molar-refractivity contribution in [1.29, 1.82) is 0 Å². The summed E-state index contributed by atoms with van der Waals surface area (Å²) in [6, 6.07) is 14.5. The van der Waals surface area contributed by atoms with Crippen molar-refractivity contribution in [1.82, 2.24) is 25.0 Å². The summed E-state index contributed by atoms with van der Waals surface area (Å²) >= 11 is 12.8. The van der Waals surface area contributed by atoms with Crippen molar-refractivity contribution < 1.29 is 13.9 Å². The van der Waals surface area contributed by atoms with E-state index < -0.39 is 5.78 Å². The molecule has 0 spiro atoms. The number of ketones is 1. The average Bonchev–Trinajstić information content (AvgIpc) is 3.44. The molecule has 3 aromatic heterocycles. The summed E-state index contributed by atoms with van der Waals surface area (Å²) in [5, 5.41) is 16.9. The Balaban J connectivity index is 1.61. The molecule has 0 N–H and O–H groups in total. The molecule has 3 heterocycles. The number of benzene rings is 2. The maximum atomic E-state index is 13.5. The lowest BCUT2D eigenvalue weighted by Gasteiger charge is -2.08. The van der Waals surface area contributed by atoms with Crippen LogP contribution >= 0.6 is 23.2 Å². The number of ether oxygens (including phenoxy) is 1. The lowest BCUT2D eigenvalue weighted by atomic mass is 10.1. The van der Waals surface area contributed by atoms with E-state index in [0.717, 1.165) is 11.1 Å². The first-order chi connectivity index (χ1) is 16.0. The first-order valence-corrected chi connectivity index (χ1v) is 10.6. The number of methoxy groups -OCH3 is 1. The largest absolute Gasteiger partial charge is 0.497 e. The molecule has 0 unspecified atom stereocenters. The Morgan fingerprint density at radius 1 is 1.06 bits per heavy atom. The van der Waals surface area contributed by atoms with E-state index in [-0.39, 0.29) is 22.5 Å². The predicted molar refractivity (Wildman–Crippen MR) is 123 cm³/mol. The quantitative estimate of drug-likeness (QED) is 0.313. The van der Waals surface area contributed by atoms with E-state index in [2.05, 4.69) is 20.4 Å². The third-order valence-corrected chi connectivity index (χ3v) is 5.78. The van der Waals surface area contributed by atoms with Crippen molar-refractivity contribution in [3.05, 3.63) is 88.1 Å². The van der Waals surface area contributed by atoms with Gasteiger partial charge in [-0.2, -0.15) is 10.2 Å². The zero-order valence-electron chi connectivity index (χ0n) is 17.2. The van der Waals surface area contributed by atoms with Crippen LogP contribution in [0, 0.1) is 0 Å². The summed E-state index contributed by atoms with van der Waals surface area (Å²) in [5.74, 6) is 0.0729. The molecule has 0 aliphatic rings. The molecular formula is C23H15Cl2N5O3. The number of hydrogen-bond acceptors (Lipinski definition) is 7. The fourth-order valence-corrected chi connectivity index (χ4v) is 3.99. The molecule has 5 aromatic rings. The van der Waals surface area contributed by atoms with Gasteiger partial charge in [0.1, 0.15) is 10.9 Å². The van der Waals surface area contributed by atoms with Gasteiger partial charge in [-0.15, -0.1) is 10.2 Å². The van der Waals surface area contributed by atoms with Gasteiger partial charge in [-0.25, -0.2) is 0 Å². The molecule has 0 saturated heterocycles. The van der Waals surface area contributed by atoms with Crippen LogP contribution < -0.4 is 4.74 Å². The van der Waals surface area contributed by atoms with Crippen LogP contribution in [0.2, 0.25) is 10.2 Å². The van der Waals surface area contributed by atoms with Crippen molar-refractivity contribution in [3.8, 4) is 17.2 Å². The van der Waals surface area contributed by atoms with Crippen molar-refractivity contribution in [3.63, 3.8) is 0 Å². The summed E-state index contributed by atoms with van der Waals surface area (Å²) in [5.41, 5.74) is 2.53. The summed E-state index contributed by atoms with van der Waals surface area (Å²) in [4.78, 5) is 13.5. The normalized spacial score (nSPS) is 11.1. The van der Waals surface area contributed by atoms with Gasteiger partial charge in [0.2, 0.25) is 5.89 Å². The number of carbonyl (C=O) groups excluding carboxylic acids is 1. The minimum absolute atomic E-state index is 0.159. The molecule has 10 heteroatoms. The van der Waals surface area contributed by atoms with Crippen LogP contribution in [0.15, 0.2) is 65.3 Å². The number of fused-ring (bicyclic) bond motifs is 1. The molecule has 0 atom stereocenters. The molecule has 0 fully saturated rings. The highest BCUT2D eigenvalue weighted by molar-refractivity contribution is 6.36. The van der Waals surface area contributed by atoms with E-state index in [1.54, 1.807) is 31.4 Å². The lowest BCUT2D eigenvalue weighted by Crippen LogP contribution is -2.04. The zero-order valence-corrected chi connectivity index (χ0v) is 18.7. The lowest BCUT2D eigenvalue weighted by molar-refractivity contribution is 0.100. The molecular weight excluding hydrogens is 465 g/mol. The van der Waals surface area contributed by atoms with E-state index >= 15 is 0 Å². The standard InChI is InChI=1S/C23H15Cl2N5O3/c1-32-16-6-7-18-17(10-16)19(21(25)30(18)12-13-2-4-15(24)5-3-13)20(31)23-29-28-22(33-23)14-8-9-26-27-11-14/h2-11H,12H2,1H3. The molecule has 5 rings (SSSR count). The number of hydrogen-bond donors (Lipinski definition) is 0. The zero-order chi connectivity index (χ0) is 22.9. The van der Waals surface area contributed by atoms with E-state index in [4.69, 9.17) is 32.4 Å². The average molecular weight is 480 g/mol. The molecule has 0 aliphatic heterocycles. The summed E-state index contributed by atoms with van der Waals surface area (Å²) < 4.78 is 12.8. The fourth-order valence-electron chi connectivity index (χ4n) is 3.53. The molecule has 0 amide bonds. The van der Waals surface area contributed by atoms with Crippen LogP contribution in [0.25, 0.3) is 22.4 Å². The van der Waals surface area contributed by atoms with Gasteiger partial charge in [0, 0.05) is 17.0 Å². The van der Waals surface area contributed by atoms with Crippen LogP contribution in [0.5, 0.6) is 5.75 Å². The molecule has 0 saturated carbocycles. The summed E-state index contributed by atoms with van der Waals surface area (Å²) in [6.45, 7) is 0.434. The Labute approximate surface area is 197 Å². The molecule has 0 aliphatic carbocycles. The Hall–Kier alpha value is -3.75. The Morgan fingerprint density at radius 2 is 1.88 bits per heavy atom. The fraction of sp³-hybridized carbons (Fsp3) is 0.0870. The summed E-state index contributed by atoms with van der Waals surface area (Å²) in [7, 11) is 1.56. The van der Waals surface area contributed by atoms with Crippen LogP contribution in [-0.2, 0) is 6.54 Å². The molecule has 164 valence electrons. The van der Waals surface area contributed by atoms with Gasteiger partial charge in [0.05, 0.1) is 36.1 Å². The number of halogens is 2. The molecule has 0 radical (unpaired) electrons. The van der Waals surface area contributed by atoms with E-state index in [1.165, 1.54) is 12.4 Å². The predicted octanol–water partition coefficient (Wildman–Crippen LogP) is 5.08. The maximum absolute atomic E-state index is 13.5. The van der Waals surface area contributed by atoms with Crippen LogP contribution in [0.4, 0.5) is 0 Å². The van der Waals surface area contributed by atoms with Crippen molar-refractivity contribution >= 4 is 39.9 Å². The second-order valence-corrected chi connectivity index (χ2v) is 7.93. The Kier molecular flexibility index (Phi) is 5.53. The minimum Gasteiger partial charge on any atom is -0.497 e.